The van der Waals surface area contributed by atoms with Crippen molar-refractivity contribution in [1.82, 2.24) is 30.2 Å². The summed E-state index contributed by atoms with van der Waals surface area (Å²) in [5.41, 5.74) is 3.00. The second kappa shape index (κ2) is 8.88. The van der Waals surface area contributed by atoms with Crippen LogP contribution in [0, 0.1) is 0 Å². The van der Waals surface area contributed by atoms with Crippen LogP contribution in [0.5, 0.6) is 5.75 Å². The molecule has 1 unspecified atom stereocenters. The third-order valence-electron chi connectivity index (χ3n) is 6.49. The average Bonchev–Trinajstić information content (AvgIpc) is 3.22. The van der Waals surface area contributed by atoms with E-state index in [-0.39, 0.29) is 12.0 Å². The van der Waals surface area contributed by atoms with Gasteiger partial charge in [0.1, 0.15) is 23.3 Å². The van der Waals surface area contributed by atoms with Crippen LogP contribution in [-0.2, 0) is 0 Å². The lowest BCUT2D eigenvalue weighted by molar-refractivity contribution is 0.0951. The smallest absolute Gasteiger partial charge is 0.255 e. The van der Waals surface area contributed by atoms with Gasteiger partial charge in [0.2, 0.25) is 5.95 Å². The summed E-state index contributed by atoms with van der Waals surface area (Å²) >= 11 is 0. The van der Waals surface area contributed by atoms with Crippen LogP contribution in [0.4, 0.5) is 17.5 Å². The zero-order valence-electron chi connectivity index (χ0n) is 19.4. The van der Waals surface area contributed by atoms with Crippen LogP contribution in [0.25, 0.3) is 11.0 Å². The maximum atomic E-state index is 12.4. The highest BCUT2D eigenvalue weighted by molar-refractivity contribution is 5.97. The molecule has 6 rings (SSSR count). The molecular weight excluding hydrogens is 444 g/mol. The molecule has 1 amide bonds. The average molecular weight is 471 g/mol. The minimum Gasteiger partial charge on any atom is -0.483 e. The first-order chi connectivity index (χ1) is 17.1. The SMILES string of the molecule is CN1CCN(c2cc(Nc3ncc4c(C5CNC(=O)c6ccccc6O5)c[nH]c4n3)ccn2)CC1. The second-order valence-electron chi connectivity index (χ2n) is 8.83. The lowest BCUT2D eigenvalue weighted by Gasteiger charge is -2.33. The van der Waals surface area contributed by atoms with Crippen molar-refractivity contribution in [3.8, 4) is 5.75 Å². The van der Waals surface area contributed by atoms with Crippen molar-refractivity contribution in [3.05, 3.63) is 66.1 Å². The summed E-state index contributed by atoms with van der Waals surface area (Å²) in [6.45, 7) is 4.30. The Bertz CT molecular complexity index is 1380. The van der Waals surface area contributed by atoms with E-state index < -0.39 is 0 Å². The lowest BCUT2D eigenvalue weighted by atomic mass is 10.1. The number of hydrogen-bond donors (Lipinski definition) is 3. The number of carbonyl (C=O) groups excluding carboxylic acids is 1. The van der Waals surface area contributed by atoms with E-state index in [9.17, 15) is 4.79 Å². The molecule has 0 bridgehead atoms. The number of likely N-dealkylation sites (N-methyl/N-ethyl adjacent to an activating group) is 1. The number of pyridine rings is 1. The Morgan fingerprint density at radius 3 is 2.86 bits per heavy atom. The van der Waals surface area contributed by atoms with Crippen LogP contribution < -0.4 is 20.3 Å². The monoisotopic (exact) mass is 470 g/mol. The highest BCUT2D eigenvalue weighted by Gasteiger charge is 2.26. The predicted molar refractivity (Wildman–Crippen MR) is 133 cm³/mol. The van der Waals surface area contributed by atoms with Crippen LogP contribution in [0.2, 0.25) is 0 Å². The van der Waals surface area contributed by atoms with Gasteiger partial charge in [-0.05, 0) is 25.2 Å². The van der Waals surface area contributed by atoms with Crippen molar-refractivity contribution in [1.29, 1.82) is 0 Å². The summed E-state index contributed by atoms with van der Waals surface area (Å²) in [4.78, 5) is 34.0. The normalized spacial score (nSPS) is 18.5. The molecule has 10 nitrogen and oxygen atoms in total. The van der Waals surface area contributed by atoms with E-state index in [0.29, 0.717) is 29.5 Å². The maximum Gasteiger partial charge on any atom is 0.255 e. The number of nitrogens with zero attached hydrogens (tertiary/aromatic N) is 5. The van der Waals surface area contributed by atoms with E-state index in [1.54, 1.807) is 18.5 Å². The van der Waals surface area contributed by atoms with Crippen molar-refractivity contribution in [3.63, 3.8) is 0 Å². The molecule has 0 spiro atoms. The molecule has 35 heavy (non-hydrogen) atoms. The molecule has 3 aromatic heterocycles. The molecule has 4 aromatic rings. The first-order valence-electron chi connectivity index (χ1n) is 11.7. The summed E-state index contributed by atoms with van der Waals surface area (Å²) in [6, 6.07) is 11.2. The molecule has 2 aliphatic rings. The minimum atomic E-state index is -0.356. The molecule has 1 aromatic carbocycles. The number of amides is 1. The van der Waals surface area contributed by atoms with E-state index in [2.05, 4.69) is 47.4 Å². The number of nitrogens with one attached hydrogen (secondary N) is 3. The zero-order valence-corrected chi connectivity index (χ0v) is 19.4. The number of rotatable bonds is 4. The first kappa shape index (κ1) is 21.4. The van der Waals surface area contributed by atoms with Crippen LogP contribution in [0.1, 0.15) is 22.0 Å². The molecule has 5 heterocycles. The van der Waals surface area contributed by atoms with Crippen LogP contribution in [-0.4, -0.2) is 70.5 Å². The Labute approximate surface area is 202 Å². The molecule has 0 saturated carbocycles. The van der Waals surface area contributed by atoms with Gasteiger partial charge >= 0.3 is 0 Å². The molecule has 1 saturated heterocycles. The Hall–Kier alpha value is -4.18. The van der Waals surface area contributed by atoms with Crippen molar-refractivity contribution in [2.75, 3.05) is 50.0 Å². The Morgan fingerprint density at radius 2 is 1.97 bits per heavy atom. The first-order valence-corrected chi connectivity index (χ1v) is 11.7. The fraction of sp³-hybridized carbons (Fsp3) is 0.280. The van der Waals surface area contributed by atoms with E-state index in [0.717, 1.165) is 48.6 Å². The van der Waals surface area contributed by atoms with Gasteiger partial charge in [0.05, 0.1) is 12.1 Å². The molecule has 10 heteroatoms. The van der Waals surface area contributed by atoms with Crippen molar-refractivity contribution in [2.24, 2.45) is 0 Å². The fourth-order valence-electron chi connectivity index (χ4n) is 4.49. The lowest BCUT2D eigenvalue weighted by Crippen LogP contribution is -2.44. The van der Waals surface area contributed by atoms with Gasteiger partial charge in [-0.1, -0.05) is 12.1 Å². The highest BCUT2D eigenvalue weighted by atomic mass is 16.5. The van der Waals surface area contributed by atoms with E-state index in [1.165, 1.54) is 0 Å². The fourth-order valence-corrected chi connectivity index (χ4v) is 4.49. The predicted octanol–water partition coefficient (Wildman–Crippen LogP) is 2.71. The second-order valence-corrected chi connectivity index (χ2v) is 8.83. The summed E-state index contributed by atoms with van der Waals surface area (Å²) in [6.07, 6.45) is 5.09. The number of benzene rings is 1. The van der Waals surface area contributed by atoms with Gasteiger partial charge in [-0.25, -0.2) is 9.97 Å². The van der Waals surface area contributed by atoms with Gasteiger partial charge in [0.25, 0.3) is 5.91 Å². The van der Waals surface area contributed by atoms with Gasteiger partial charge in [-0.2, -0.15) is 4.98 Å². The van der Waals surface area contributed by atoms with Crippen LogP contribution in [0.3, 0.4) is 0 Å². The number of ether oxygens (including phenoxy) is 1. The largest absolute Gasteiger partial charge is 0.483 e. The Kier molecular flexibility index (Phi) is 5.42. The summed E-state index contributed by atoms with van der Waals surface area (Å²) in [5, 5.41) is 7.08. The quantitative estimate of drug-likeness (QED) is 0.418. The van der Waals surface area contributed by atoms with E-state index >= 15 is 0 Å². The van der Waals surface area contributed by atoms with Gasteiger partial charge in [-0.3, -0.25) is 4.79 Å². The number of aromatic nitrogens is 4. The Balaban J connectivity index is 1.22. The van der Waals surface area contributed by atoms with Gasteiger partial charge < -0.3 is 30.2 Å². The number of hydrogen-bond acceptors (Lipinski definition) is 8. The standard InChI is InChI=1S/C25H26N8O2/c1-32-8-10-33(11-9-32)22-12-16(6-7-26-22)30-25-29-14-19-18(13-27-23(19)31-25)21-15-28-24(34)17-4-2-3-5-20(17)35-21/h2-7,12-14,21H,8-11,15H2,1H3,(H,28,34)(H2,26,27,29,30,31). The maximum absolute atomic E-state index is 12.4. The number of fused-ring (bicyclic) bond motifs is 2. The molecule has 178 valence electrons. The Morgan fingerprint density at radius 1 is 1.11 bits per heavy atom. The molecule has 0 aliphatic carbocycles. The highest BCUT2D eigenvalue weighted by Crippen LogP contribution is 2.31. The summed E-state index contributed by atoms with van der Waals surface area (Å²) in [5.74, 6) is 1.86. The van der Waals surface area contributed by atoms with Crippen LogP contribution in [0.15, 0.2) is 55.0 Å². The third-order valence-corrected chi connectivity index (χ3v) is 6.49. The summed E-state index contributed by atoms with van der Waals surface area (Å²) in [7, 11) is 2.14. The molecule has 1 fully saturated rings. The number of carbonyl (C=O) groups is 1. The topological polar surface area (TPSA) is 111 Å². The number of para-hydroxylation sites is 1. The molecule has 2 aliphatic heterocycles. The van der Waals surface area contributed by atoms with Crippen molar-refractivity contribution >= 4 is 34.4 Å². The van der Waals surface area contributed by atoms with Crippen LogP contribution >= 0.6 is 0 Å². The zero-order chi connectivity index (χ0) is 23.8. The van der Waals surface area contributed by atoms with E-state index in [4.69, 9.17) is 4.74 Å². The molecule has 3 N–H and O–H groups in total. The number of anilines is 3. The van der Waals surface area contributed by atoms with Crippen molar-refractivity contribution in [2.45, 2.75) is 6.10 Å². The van der Waals surface area contributed by atoms with Crippen molar-refractivity contribution < 1.29 is 9.53 Å². The van der Waals surface area contributed by atoms with Gasteiger partial charge in [-0.15, -0.1) is 0 Å². The van der Waals surface area contributed by atoms with Gasteiger partial charge in [0.15, 0.2) is 0 Å². The third kappa shape index (κ3) is 4.24. The minimum absolute atomic E-state index is 0.140. The molecular formula is C25H26N8O2. The molecule has 0 radical (unpaired) electrons. The molecule has 1 atom stereocenters. The number of H-pyrrole nitrogens is 1. The van der Waals surface area contributed by atoms with Gasteiger partial charge in [0, 0.05) is 67.5 Å². The number of piperazine rings is 1. The number of aromatic amines is 1. The van der Waals surface area contributed by atoms with E-state index in [1.807, 2.05) is 36.5 Å². The summed E-state index contributed by atoms with van der Waals surface area (Å²) < 4.78 is 6.19.